The Balaban J connectivity index is 2.79. The van der Waals surface area contributed by atoms with E-state index in [9.17, 15) is 9.59 Å². The van der Waals surface area contributed by atoms with Crippen molar-refractivity contribution in [3.8, 4) is 12.3 Å². The van der Waals surface area contributed by atoms with Gasteiger partial charge >= 0.3 is 5.97 Å². The van der Waals surface area contributed by atoms with Crippen molar-refractivity contribution in [1.82, 2.24) is 5.32 Å². The Morgan fingerprint density at radius 2 is 1.90 bits per heavy atom. The first-order valence-corrected chi connectivity index (χ1v) is 6.43. The van der Waals surface area contributed by atoms with Crippen molar-refractivity contribution in [1.29, 1.82) is 0 Å². The van der Waals surface area contributed by atoms with Crippen molar-refractivity contribution in [2.24, 2.45) is 5.92 Å². The minimum Gasteiger partial charge on any atom is -0.467 e. The highest BCUT2D eigenvalue weighted by atomic mass is 16.5. The molecule has 0 aliphatic carbocycles. The zero-order valence-corrected chi connectivity index (χ0v) is 12.0. The Bertz CT molecular complexity index is 512. The molecule has 0 spiro atoms. The average molecular weight is 273 g/mol. The van der Waals surface area contributed by atoms with Crippen LogP contribution >= 0.6 is 0 Å². The fourth-order valence-electron chi connectivity index (χ4n) is 1.79. The lowest BCUT2D eigenvalue weighted by molar-refractivity contribution is -0.143. The van der Waals surface area contributed by atoms with E-state index in [2.05, 4.69) is 11.2 Å². The molecule has 0 aliphatic rings. The van der Waals surface area contributed by atoms with Gasteiger partial charge in [0.1, 0.15) is 6.04 Å². The van der Waals surface area contributed by atoms with Gasteiger partial charge in [0.05, 0.1) is 7.11 Å². The first-order chi connectivity index (χ1) is 9.47. The summed E-state index contributed by atoms with van der Waals surface area (Å²) in [4.78, 5) is 23.7. The van der Waals surface area contributed by atoms with Crippen LogP contribution in [0.15, 0.2) is 24.3 Å². The van der Waals surface area contributed by atoms with Crippen molar-refractivity contribution in [3.63, 3.8) is 0 Å². The van der Waals surface area contributed by atoms with Gasteiger partial charge in [0.25, 0.3) is 5.91 Å². The molecule has 1 atom stereocenters. The number of nitrogens with one attached hydrogen (secondary N) is 1. The van der Waals surface area contributed by atoms with Gasteiger partial charge in [-0.3, -0.25) is 4.79 Å². The van der Waals surface area contributed by atoms with Crippen LogP contribution in [-0.4, -0.2) is 25.0 Å². The lowest BCUT2D eigenvalue weighted by Crippen LogP contribution is -2.42. The molecule has 1 rings (SSSR count). The van der Waals surface area contributed by atoms with Gasteiger partial charge in [0.15, 0.2) is 0 Å². The third kappa shape index (κ3) is 4.43. The van der Waals surface area contributed by atoms with Crippen LogP contribution in [0.25, 0.3) is 0 Å². The first kappa shape index (κ1) is 15.8. The number of rotatable bonds is 5. The molecule has 0 radical (unpaired) electrons. The summed E-state index contributed by atoms with van der Waals surface area (Å²) in [5.41, 5.74) is 1.16. The monoisotopic (exact) mass is 273 g/mol. The maximum atomic E-state index is 12.1. The zero-order chi connectivity index (χ0) is 15.1. The fourth-order valence-corrected chi connectivity index (χ4v) is 1.79. The summed E-state index contributed by atoms with van der Waals surface area (Å²) < 4.78 is 4.71. The largest absolute Gasteiger partial charge is 0.467 e. The van der Waals surface area contributed by atoms with Gasteiger partial charge in [-0.1, -0.05) is 19.8 Å². The molecule has 0 bridgehead atoms. The summed E-state index contributed by atoms with van der Waals surface area (Å²) in [6, 6.07) is 6.00. The molecule has 4 nitrogen and oxygen atoms in total. The Kier molecular flexibility index (Phi) is 5.79. The Morgan fingerprint density at radius 3 is 2.35 bits per heavy atom. The normalized spacial score (nSPS) is 11.6. The fraction of sp³-hybridized carbons (Fsp3) is 0.375. The van der Waals surface area contributed by atoms with E-state index in [0.29, 0.717) is 17.5 Å². The molecule has 1 amide bonds. The van der Waals surface area contributed by atoms with E-state index < -0.39 is 12.0 Å². The summed E-state index contributed by atoms with van der Waals surface area (Å²) in [5, 5.41) is 2.69. The summed E-state index contributed by atoms with van der Waals surface area (Å²) in [7, 11) is 1.31. The summed E-state index contributed by atoms with van der Waals surface area (Å²) in [5.74, 6) is 2.00. The van der Waals surface area contributed by atoms with Crippen LogP contribution in [0.1, 0.15) is 36.2 Å². The lowest BCUT2D eigenvalue weighted by Gasteiger charge is -2.18. The maximum absolute atomic E-state index is 12.1. The topological polar surface area (TPSA) is 55.4 Å². The van der Waals surface area contributed by atoms with Gasteiger partial charge < -0.3 is 10.1 Å². The van der Waals surface area contributed by atoms with Crippen molar-refractivity contribution < 1.29 is 14.3 Å². The van der Waals surface area contributed by atoms with Gasteiger partial charge in [-0.2, -0.15) is 0 Å². The third-order valence-corrected chi connectivity index (χ3v) is 2.81. The molecule has 0 aromatic heterocycles. The molecule has 0 aliphatic heterocycles. The van der Waals surface area contributed by atoms with Crippen LogP contribution < -0.4 is 5.32 Å². The standard InChI is InChI=1S/C16H19NO3/c1-5-12-6-8-13(9-7-12)15(18)17-14(10-11(2)3)16(19)20-4/h1,6-9,11,14H,10H2,2-4H3,(H,17,18)/t14-/m0/s1. The van der Waals surface area contributed by atoms with Crippen LogP contribution in [0.3, 0.4) is 0 Å². The van der Waals surface area contributed by atoms with Crippen molar-refractivity contribution in [2.75, 3.05) is 7.11 Å². The molecule has 0 heterocycles. The van der Waals surface area contributed by atoms with Crippen LogP contribution in [0, 0.1) is 18.3 Å². The molecule has 1 N–H and O–H groups in total. The molecule has 0 saturated heterocycles. The number of benzene rings is 1. The van der Waals surface area contributed by atoms with Gasteiger partial charge in [-0.25, -0.2) is 4.79 Å². The number of hydrogen-bond acceptors (Lipinski definition) is 3. The number of amides is 1. The number of esters is 1. The van der Waals surface area contributed by atoms with Crippen molar-refractivity contribution in [3.05, 3.63) is 35.4 Å². The predicted molar refractivity (Wildman–Crippen MR) is 77.1 cm³/mol. The molecular formula is C16H19NO3. The van der Waals surface area contributed by atoms with E-state index in [4.69, 9.17) is 11.2 Å². The quantitative estimate of drug-likeness (QED) is 0.659. The molecule has 4 heteroatoms. The van der Waals surface area contributed by atoms with Crippen LogP contribution in [0.4, 0.5) is 0 Å². The number of hydrogen-bond donors (Lipinski definition) is 1. The molecule has 106 valence electrons. The van der Waals surface area contributed by atoms with Crippen LogP contribution in [0.5, 0.6) is 0 Å². The SMILES string of the molecule is C#Cc1ccc(C(=O)N[C@@H](CC(C)C)C(=O)OC)cc1. The highest BCUT2D eigenvalue weighted by molar-refractivity contribution is 5.96. The van der Waals surface area contributed by atoms with E-state index in [-0.39, 0.29) is 11.8 Å². The highest BCUT2D eigenvalue weighted by Gasteiger charge is 2.22. The molecule has 1 aromatic carbocycles. The first-order valence-electron chi connectivity index (χ1n) is 6.43. The zero-order valence-electron chi connectivity index (χ0n) is 12.0. The lowest BCUT2D eigenvalue weighted by atomic mass is 10.0. The number of ether oxygens (including phenoxy) is 1. The smallest absolute Gasteiger partial charge is 0.328 e. The van der Waals surface area contributed by atoms with Gasteiger partial charge in [-0.15, -0.1) is 6.42 Å². The predicted octanol–water partition coefficient (Wildman–Crippen LogP) is 1.99. The second-order valence-electron chi connectivity index (χ2n) is 4.90. The van der Waals surface area contributed by atoms with Gasteiger partial charge in [-0.05, 0) is 36.6 Å². The van der Waals surface area contributed by atoms with Crippen LogP contribution in [-0.2, 0) is 9.53 Å². The Morgan fingerprint density at radius 1 is 1.30 bits per heavy atom. The van der Waals surface area contributed by atoms with E-state index in [1.807, 2.05) is 13.8 Å². The number of carbonyl (C=O) groups is 2. The van der Waals surface area contributed by atoms with E-state index >= 15 is 0 Å². The second-order valence-corrected chi connectivity index (χ2v) is 4.90. The van der Waals surface area contributed by atoms with Gasteiger partial charge in [0.2, 0.25) is 0 Å². The summed E-state index contributed by atoms with van der Waals surface area (Å²) >= 11 is 0. The van der Waals surface area contributed by atoms with Crippen molar-refractivity contribution >= 4 is 11.9 Å². The minimum absolute atomic E-state index is 0.267. The molecular weight excluding hydrogens is 254 g/mol. The molecule has 20 heavy (non-hydrogen) atoms. The van der Waals surface area contributed by atoms with E-state index in [1.165, 1.54) is 7.11 Å². The molecule has 0 fully saturated rings. The van der Waals surface area contributed by atoms with Crippen LogP contribution in [0.2, 0.25) is 0 Å². The second kappa shape index (κ2) is 7.34. The molecule has 1 aromatic rings. The minimum atomic E-state index is -0.639. The third-order valence-electron chi connectivity index (χ3n) is 2.81. The summed E-state index contributed by atoms with van der Waals surface area (Å²) in [6.07, 6.45) is 5.79. The molecule has 0 saturated carbocycles. The summed E-state index contributed by atoms with van der Waals surface area (Å²) in [6.45, 7) is 3.95. The highest BCUT2D eigenvalue weighted by Crippen LogP contribution is 2.09. The number of carbonyl (C=O) groups excluding carboxylic acids is 2. The average Bonchev–Trinajstić information content (AvgIpc) is 2.45. The van der Waals surface area contributed by atoms with Gasteiger partial charge in [0, 0.05) is 11.1 Å². The Labute approximate surface area is 119 Å². The van der Waals surface area contributed by atoms with E-state index in [1.54, 1.807) is 24.3 Å². The number of methoxy groups -OCH3 is 1. The maximum Gasteiger partial charge on any atom is 0.328 e. The van der Waals surface area contributed by atoms with Crippen molar-refractivity contribution in [2.45, 2.75) is 26.3 Å². The van der Waals surface area contributed by atoms with E-state index in [0.717, 1.165) is 0 Å². The Hall–Kier alpha value is -2.28. The number of terminal acetylenes is 1. The molecule has 0 unspecified atom stereocenters.